The molecule has 146 valence electrons. The molecule has 0 amide bonds. The molecule has 29 heavy (non-hydrogen) atoms. The molecule has 0 aromatic heterocycles. The van der Waals surface area contributed by atoms with Crippen molar-refractivity contribution in [1.29, 1.82) is 15.8 Å². The van der Waals surface area contributed by atoms with E-state index in [0.29, 0.717) is 17.7 Å². The summed E-state index contributed by atoms with van der Waals surface area (Å²) in [5.41, 5.74) is 0.494. The third-order valence-electron chi connectivity index (χ3n) is 4.35. The van der Waals surface area contributed by atoms with E-state index < -0.39 is 5.60 Å². The maximum absolute atomic E-state index is 11.7. The minimum atomic E-state index is -0.857. The van der Waals surface area contributed by atoms with Crippen LogP contribution in [-0.4, -0.2) is 11.6 Å². The summed E-state index contributed by atoms with van der Waals surface area (Å²) in [6, 6.07) is 12.6. The summed E-state index contributed by atoms with van der Waals surface area (Å²) in [5, 5.41) is 27.7. The first-order valence-corrected chi connectivity index (χ1v) is 9.23. The number of ether oxygens (including phenoxy) is 2. The molecule has 0 fully saturated rings. The number of carbonyl (C=O) groups is 1. The lowest BCUT2D eigenvalue weighted by atomic mass is 9.94. The van der Waals surface area contributed by atoms with Gasteiger partial charge in [-0.05, 0) is 38.0 Å². The predicted molar refractivity (Wildman–Crippen MR) is 107 cm³/mol. The van der Waals surface area contributed by atoms with Gasteiger partial charge in [-0.25, -0.2) is 0 Å². The number of allylic oxidation sites excluding steroid dienone is 2. The average molecular weight is 387 g/mol. The first-order chi connectivity index (χ1) is 13.9. The normalized spacial score (nSPS) is 14.7. The van der Waals surface area contributed by atoms with Gasteiger partial charge in [0.2, 0.25) is 0 Å². The Labute approximate surface area is 170 Å². The Hall–Kier alpha value is -3.82. The molecule has 0 spiro atoms. The molecule has 0 N–H and O–H groups in total. The highest BCUT2D eigenvalue weighted by Gasteiger charge is 2.38. The van der Waals surface area contributed by atoms with Crippen LogP contribution in [0.1, 0.15) is 45.6 Å². The molecule has 1 aliphatic rings. The molecular weight excluding hydrogens is 366 g/mol. The number of rotatable bonds is 6. The van der Waals surface area contributed by atoms with E-state index >= 15 is 0 Å². The van der Waals surface area contributed by atoms with Gasteiger partial charge in [-0.1, -0.05) is 37.6 Å². The van der Waals surface area contributed by atoms with Crippen LogP contribution in [0, 0.1) is 34.0 Å². The summed E-state index contributed by atoms with van der Waals surface area (Å²) >= 11 is 0. The van der Waals surface area contributed by atoms with Gasteiger partial charge in [-0.2, -0.15) is 15.8 Å². The molecule has 0 radical (unpaired) electrons. The van der Waals surface area contributed by atoms with Gasteiger partial charge in [0.25, 0.3) is 0 Å². The summed E-state index contributed by atoms with van der Waals surface area (Å²) in [5.74, 6) is 0.230. The monoisotopic (exact) mass is 387 g/mol. The number of unbranched alkanes of at least 4 members (excludes halogenated alkanes) is 1. The van der Waals surface area contributed by atoms with E-state index in [9.17, 15) is 10.1 Å². The van der Waals surface area contributed by atoms with Crippen LogP contribution in [0.15, 0.2) is 52.8 Å². The summed E-state index contributed by atoms with van der Waals surface area (Å²) in [6.45, 7) is 5.54. The smallest absolute Gasteiger partial charge is 0.311 e. The van der Waals surface area contributed by atoms with Crippen molar-refractivity contribution < 1.29 is 14.3 Å². The molecule has 2 rings (SSSR count). The van der Waals surface area contributed by atoms with Crippen molar-refractivity contribution in [3.63, 3.8) is 0 Å². The Balaban J connectivity index is 2.26. The Morgan fingerprint density at radius 2 is 1.79 bits per heavy atom. The van der Waals surface area contributed by atoms with Crippen molar-refractivity contribution in [1.82, 2.24) is 0 Å². The fraction of sp³-hybridized carbons (Fsp3) is 0.304. The maximum atomic E-state index is 11.7. The second kappa shape index (κ2) is 9.40. The van der Waals surface area contributed by atoms with Gasteiger partial charge >= 0.3 is 5.97 Å². The lowest BCUT2D eigenvalue weighted by Crippen LogP contribution is -2.20. The molecule has 0 aliphatic carbocycles. The van der Waals surface area contributed by atoms with E-state index in [1.165, 1.54) is 0 Å². The third-order valence-corrected chi connectivity index (χ3v) is 4.35. The Bertz CT molecular complexity index is 991. The number of carbonyl (C=O) groups excluding carboxylic acids is 1. The van der Waals surface area contributed by atoms with Crippen LogP contribution < -0.4 is 4.74 Å². The quantitative estimate of drug-likeness (QED) is 0.397. The fourth-order valence-electron chi connectivity index (χ4n) is 2.81. The van der Waals surface area contributed by atoms with Crippen LogP contribution >= 0.6 is 0 Å². The highest BCUT2D eigenvalue weighted by molar-refractivity contribution is 5.72. The molecule has 1 heterocycles. The molecule has 6 nitrogen and oxygen atoms in total. The third kappa shape index (κ3) is 5.12. The van der Waals surface area contributed by atoms with Crippen LogP contribution in [0.25, 0.3) is 6.08 Å². The van der Waals surface area contributed by atoms with E-state index in [1.807, 2.05) is 13.0 Å². The van der Waals surface area contributed by atoms with E-state index in [4.69, 9.17) is 20.0 Å². The van der Waals surface area contributed by atoms with Gasteiger partial charge < -0.3 is 9.47 Å². The zero-order valence-corrected chi connectivity index (χ0v) is 16.7. The van der Waals surface area contributed by atoms with E-state index in [-0.39, 0.29) is 22.9 Å². The van der Waals surface area contributed by atoms with E-state index in [0.717, 1.165) is 18.4 Å². The predicted octanol–water partition coefficient (Wildman–Crippen LogP) is 4.73. The number of esters is 1. The fourth-order valence-corrected chi connectivity index (χ4v) is 2.81. The van der Waals surface area contributed by atoms with Gasteiger partial charge in [0.15, 0.2) is 11.3 Å². The van der Waals surface area contributed by atoms with Crippen molar-refractivity contribution >= 4 is 12.0 Å². The van der Waals surface area contributed by atoms with Crippen LogP contribution in [0.5, 0.6) is 5.75 Å². The molecule has 0 saturated carbocycles. The number of nitrogens with zero attached hydrogens (tertiary/aromatic N) is 3. The van der Waals surface area contributed by atoms with Crippen LogP contribution in [0.2, 0.25) is 0 Å². The van der Waals surface area contributed by atoms with Crippen molar-refractivity contribution in [3.8, 4) is 24.0 Å². The maximum Gasteiger partial charge on any atom is 0.311 e. The minimum Gasteiger partial charge on any atom is -0.480 e. The number of hydrogen-bond donors (Lipinski definition) is 0. The van der Waals surface area contributed by atoms with Gasteiger partial charge in [0.1, 0.15) is 35.1 Å². The highest BCUT2D eigenvalue weighted by atomic mass is 16.5. The molecule has 1 aliphatic heterocycles. The minimum absolute atomic E-state index is 0.0106. The van der Waals surface area contributed by atoms with Crippen LogP contribution in [0.4, 0.5) is 0 Å². The van der Waals surface area contributed by atoms with Crippen molar-refractivity contribution in [3.05, 3.63) is 58.4 Å². The standard InChI is InChI=1S/C23H21N3O3/c1-4-5-6-21(27)28-18-10-7-16(8-11-18)9-12-20-19(15-26)22(17(13-24)14-25)29-23(20,2)3/h7-12H,4-6H2,1-3H3/b12-9+. The molecule has 6 heteroatoms. The second-order valence-corrected chi connectivity index (χ2v) is 6.92. The topological polar surface area (TPSA) is 107 Å². The lowest BCUT2D eigenvalue weighted by molar-refractivity contribution is -0.134. The molecule has 0 atom stereocenters. The first-order valence-electron chi connectivity index (χ1n) is 9.23. The summed E-state index contributed by atoms with van der Waals surface area (Å²) in [7, 11) is 0. The average Bonchev–Trinajstić information content (AvgIpc) is 2.96. The van der Waals surface area contributed by atoms with Gasteiger partial charge in [0, 0.05) is 12.0 Å². The van der Waals surface area contributed by atoms with Crippen LogP contribution in [0.3, 0.4) is 0 Å². The summed E-state index contributed by atoms with van der Waals surface area (Å²) in [6.07, 6.45) is 5.65. The van der Waals surface area contributed by atoms with Gasteiger partial charge in [-0.15, -0.1) is 0 Å². The van der Waals surface area contributed by atoms with Crippen molar-refractivity contribution in [2.45, 2.75) is 45.6 Å². The molecule has 1 aromatic carbocycles. The number of nitriles is 3. The number of hydrogen-bond acceptors (Lipinski definition) is 6. The van der Waals surface area contributed by atoms with Gasteiger partial charge in [-0.3, -0.25) is 4.79 Å². The summed E-state index contributed by atoms with van der Waals surface area (Å²) in [4.78, 5) is 11.7. The Kier molecular flexibility index (Phi) is 6.96. The lowest BCUT2D eigenvalue weighted by Gasteiger charge is -2.20. The molecule has 0 saturated heterocycles. The zero-order chi connectivity index (χ0) is 21.4. The Morgan fingerprint density at radius 1 is 1.14 bits per heavy atom. The molecule has 0 unspecified atom stereocenters. The van der Waals surface area contributed by atoms with Crippen molar-refractivity contribution in [2.75, 3.05) is 0 Å². The molecule has 1 aromatic rings. The second-order valence-electron chi connectivity index (χ2n) is 6.92. The van der Waals surface area contributed by atoms with Crippen molar-refractivity contribution in [2.24, 2.45) is 0 Å². The highest BCUT2D eigenvalue weighted by Crippen LogP contribution is 2.40. The van der Waals surface area contributed by atoms with E-state index in [2.05, 4.69) is 0 Å². The van der Waals surface area contributed by atoms with E-state index in [1.54, 1.807) is 62.4 Å². The summed E-state index contributed by atoms with van der Waals surface area (Å²) < 4.78 is 11.0. The zero-order valence-electron chi connectivity index (χ0n) is 16.7. The van der Waals surface area contributed by atoms with Gasteiger partial charge in [0.05, 0.1) is 0 Å². The SMILES string of the molecule is CCCCC(=O)Oc1ccc(/C=C/C2=C(C#N)C(=C(C#N)C#N)OC2(C)C)cc1. The Morgan fingerprint density at radius 3 is 2.34 bits per heavy atom. The van der Waals surface area contributed by atoms with Crippen LogP contribution in [-0.2, 0) is 9.53 Å². The number of benzene rings is 1. The molecular formula is C23H21N3O3. The largest absolute Gasteiger partial charge is 0.480 e. The first kappa shape index (κ1) is 21.5. The molecule has 0 bridgehead atoms.